The van der Waals surface area contributed by atoms with Gasteiger partial charge in [-0.3, -0.25) is 4.98 Å². The number of para-hydroxylation sites is 7. The Morgan fingerprint density at radius 1 is 0.340 bits per heavy atom. The largest absolute Gasteiger partial charge is 0.311 e. The minimum Gasteiger partial charge on any atom is -0.311 e. The van der Waals surface area contributed by atoms with Crippen molar-refractivity contribution >= 4 is 91.3 Å². The summed E-state index contributed by atoms with van der Waals surface area (Å²) in [6.07, 6.45) is 3.85. The normalized spacial score (nSPS) is 13.5. The Morgan fingerprint density at radius 2 is 0.774 bits per heavy atom. The van der Waals surface area contributed by atoms with Crippen LogP contribution in [-0.4, -0.2) is 11.7 Å². The Balaban J connectivity index is 1.36. The van der Waals surface area contributed by atoms with Gasteiger partial charge in [-0.1, -0.05) is 103 Å². The molecule has 0 atom stereocenters. The third kappa shape index (κ3) is 4.36. The Bertz CT molecular complexity index is 2640. The molecule has 5 nitrogen and oxygen atoms in total. The van der Waals surface area contributed by atoms with Crippen molar-refractivity contribution < 1.29 is 0 Å². The van der Waals surface area contributed by atoms with E-state index in [1.807, 2.05) is 18.5 Å². The van der Waals surface area contributed by atoms with Crippen LogP contribution in [0, 0.1) is 0 Å². The third-order valence-corrected chi connectivity index (χ3v) is 10.8. The minimum absolute atomic E-state index is 0.00875. The van der Waals surface area contributed by atoms with E-state index in [-0.39, 0.29) is 6.71 Å². The fourth-order valence-corrected chi connectivity index (χ4v) is 8.73. The maximum atomic E-state index is 4.69. The molecule has 0 unspecified atom stereocenters. The van der Waals surface area contributed by atoms with Crippen molar-refractivity contribution in [2.45, 2.75) is 0 Å². The van der Waals surface area contributed by atoms with Gasteiger partial charge in [-0.25, -0.2) is 0 Å². The molecule has 11 rings (SSSR count). The molecule has 6 heteroatoms. The van der Waals surface area contributed by atoms with Crippen LogP contribution in [0.3, 0.4) is 0 Å². The molecule has 0 saturated carbocycles. The summed E-state index contributed by atoms with van der Waals surface area (Å²) in [6.45, 7) is -0.00875. The van der Waals surface area contributed by atoms with Gasteiger partial charge < -0.3 is 19.6 Å². The molecule has 1 aromatic heterocycles. The standard InChI is InChI=1S/C47H32BN5/c1-4-17-33(18-5-1)50-39-26-12-10-24-37(39)48-38-25-11-13-27-40(38)53(36-23-16-30-49-32-36)47-45(48)43(50)31-44-46(47)52(35-21-8-3-9-22-35)42-29-15-14-28-41(42)51(44)34-19-6-2-7-20-34/h1-32H. The molecule has 248 valence electrons. The van der Waals surface area contributed by atoms with E-state index in [0.29, 0.717) is 0 Å². The van der Waals surface area contributed by atoms with Gasteiger partial charge in [0.05, 0.1) is 40.3 Å². The Labute approximate surface area is 309 Å². The number of rotatable bonds is 4. The number of anilines is 12. The van der Waals surface area contributed by atoms with Gasteiger partial charge in [-0.2, -0.15) is 0 Å². The average molecular weight is 678 g/mol. The molecule has 0 N–H and O–H groups in total. The van der Waals surface area contributed by atoms with Crippen molar-refractivity contribution in [1.82, 2.24) is 4.98 Å². The second kappa shape index (κ2) is 11.8. The zero-order chi connectivity index (χ0) is 34.9. The van der Waals surface area contributed by atoms with E-state index in [4.69, 9.17) is 4.98 Å². The lowest BCUT2D eigenvalue weighted by atomic mass is 9.33. The summed E-state index contributed by atoms with van der Waals surface area (Å²) in [6, 6.07) is 65.7. The second-order valence-electron chi connectivity index (χ2n) is 13.6. The number of aromatic nitrogens is 1. The number of fused-ring (bicyclic) bond motifs is 7. The molecule has 53 heavy (non-hydrogen) atoms. The van der Waals surface area contributed by atoms with Gasteiger partial charge in [-0.05, 0) is 95.3 Å². The molecule has 0 radical (unpaired) electrons. The summed E-state index contributed by atoms with van der Waals surface area (Å²) < 4.78 is 0. The smallest absolute Gasteiger partial charge is 0.252 e. The molecule has 4 heterocycles. The lowest BCUT2D eigenvalue weighted by Gasteiger charge is -2.49. The molecule has 7 aromatic carbocycles. The van der Waals surface area contributed by atoms with Crippen LogP contribution in [0.1, 0.15) is 0 Å². The molecule has 8 aromatic rings. The van der Waals surface area contributed by atoms with Crippen LogP contribution in [0.4, 0.5) is 68.2 Å². The van der Waals surface area contributed by atoms with Crippen LogP contribution in [-0.2, 0) is 0 Å². The molecule has 3 aliphatic heterocycles. The summed E-state index contributed by atoms with van der Waals surface area (Å²) in [5.41, 5.74) is 17.2. The molecule has 0 spiro atoms. The average Bonchev–Trinajstić information content (AvgIpc) is 3.24. The molecular weight excluding hydrogens is 645 g/mol. The Kier molecular flexibility index (Phi) is 6.58. The van der Waals surface area contributed by atoms with Gasteiger partial charge in [0.2, 0.25) is 0 Å². The van der Waals surface area contributed by atoms with E-state index >= 15 is 0 Å². The molecule has 0 aliphatic carbocycles. The van der Waals surface area contributed by atoms with Crippen LogP contribution in [0.5, 0.6) is 0 Å². The highest BCUT2D eigenvalue weighted by Crippen LogP contribution is 2.60. The number of pyridine rings is 1. The van der Waals surface area contributed by atoms with E-state index in [9.17, 15) is 0 Å². The highest BCUT2D eigenvalue weighted by molar-refractivity contribution is 7.00. The first-order chi connectivity index (χ1) is 26.4. The zero-order valence-electron chi connectivity index (χ0n) is 28.8. The fourth-order valence-electron chi connectivity index (χ4n) is 8.73. The minimum atomic E-state index is -0.00875. The van der Waals surface area contributed by atoms with Gasteiger partial charge in [0.25, 0.3) is 6.71 Å². The summed E-state index contributed by atoms with van der Waals surface area (Å²) in [5, 5.41) is 0. The maximum Gasteiger partial charge on any atom is 0.252 e. The molecule has 0 saturated heterocycles. The highest BCUT2D eigenvalue weighted by Gasteiger charge is 2.47. The van der Waals surface area contributed by atoms with Gasteiger partial charge in [0.15, 0.2) is 0 Å². The maximum absolute atomic E-state index is 4.69. The molecule has 0 amide bonds. The van der Waals surface area contributed by atoms with Crippen LogP contribution in [0.2, 0.25) is 0 Å². The van der Waals surface area contributed by atoms with Gasteiger partial charge in [0.1, 0.15) is 0 Å². The number of hydrogen-bond acceptors (Lipinski definition) is 5. The van der Waals surface area contributed by atoms with Crippen LogP contribution in [0.15, 0.2) is 194 Å². The molecular formula is C47H32BN5. The summed E-state index contributed by atoms with van der Waals surface area (Å²) >= 11 is 0. The monoisotopic (exact) mass is 677 g/mol. The first kappa shape index (κ1) is 29.7. The first-order valence-electron chi connectivity index (χ1n) is 18.1. The number of hydrogen-bond donors (Lipinski definition) is 0. The second-order valence-corrected chi connectivity index (χ2v) is 13.6. The quantitative estimate of drug-likeness (QED) is 0.173. The van der Waals surface area contributed by atoms with Crippen molar-refractivity contribution in [3.63, 3.8) is 0 Å². The van der Waals surface area contributed by atoms with Gasteiger partial charge in [-0.15, -0.1) is 0 Å². The summed E-state index contributed by atoms with van der Waals surface area (Å²) in [4.78, 5) is 14.5. The van der Waals surface area contributed by atoms with E-state index in [1.165, 1.54) is 22.1 Å². The zero-order valence-corrected chi connectivity index (χ0v) is 28.8. The van der Waals surface area contributed by atoms with Crippen molar-refractivity contribution in [3.8, 4) is 0 Å². The van der Waals surface area contributed by atoms with Gasteiger partial charge in [0, 0.05) is 40.3 Å². The topological polar surface area (TPSA) is 25.9 Å². The lowest BCUT2D eigenvalue weighted by Crippen LogP contribution is -2.61. The predicted octanol–water partition coefficient (Wildman–Crippen LogP) is 10.4. The van der Waals surface area contributed by atoms with Crippen molar-refractivity contribution in [2.75, 3.05) is 19.6 Å². The Morgan fingerprint density at radius 3 is 1.34 bits per heavy atom. The van der Waals surface area contributed by atoms with E-state index < -0.39 is 0 Å². The van der Waals surface area contributed by atoms with Crippen LogP contribution >= 0.6 is 0 Å². The molecule has 3 aliphatic rings. The van der Waals surface area contributed by atoms with E-state index in [2.05, 4.69) is 196 Å². The van der Waals surface area contributed by atoms with E-state index in [1.54, 1.807) is 0 Å². The van der Waals surface area contributed by atoms with E-state index in [0.717, 1.165) is 62.6 Å². The fraction of sp³-hybridized carbons (Fsp3) is 0. The SMILES string of the molecule is c1ccc(N2c3ccccc3B3c4ccccc4N(c4cccnc4)c4c3c2cc2c4N(c3ccccc3)c3ccccc3N2c2ccccc2)cc1. The van der Waals surface area contributed by atoms with Crippen molar-refractivity contribution in [3.05, 3.63) is 194 Å². The van der Waals surface area contributed by atoms with Crippen LogP contribution in [0.25, 0.3) is 0 Å². The van der Waals surface area contributed by atoms with Gasteiger partial charge >= 0.3 is 0 Å². The number of benzene rings is 7. The summed E-state index contributed by atoms with van der Waals surface area (Å²) in [7, 11) is 0. The number of nitrogens with zero attached hydrogens (tertiary/aromatic N) is 5. The first-order valence-corrected chi connectivity index (χ1v) is 18.1. The van der Waals surface area contributed by atoms with Crippen molar-refractivity contribution in [1.29, 1.82) is 0 Å². The Hall–Kier alpha value is -7.05. The van der Waals surface area contributed by atoms with Crippen LogP contribution < -0.4 is 36.0 Å². The molecule has 0 bridgehead atoms. The lowest BCUT2D eigenvalue weighted by molar-refractivity contribution is 1.14. The molecule has 0 fully saturated rings. The summed E-state index contributed by atoms with van der Waals surface area (Å²) in [5.74, 6) is 0. The highest BCUT2D eigenvalue weighted by atomic mass is 15.3. The third-order valence-electron chi connectivity index (χ3n) is 10.8. The van der Waals surface area contributed by atoms with Crippen molar-refractivity contribution in [2.24, 2.45) is 0 Å². The predicted molar refractivity (Wildman–Crippen MR) is 221 cm³/mol.